The lowest BCUT2D eigenvalue weighted by Gasteiger charge is -2.11. The summed E-state index contributed by atoms with van der Waals surface area (Å²) in [5.74, 6) is 1.18. The van der Waals surface area contributed by atoms with Gasteiger partial charge in [0.25, 0.3) is 0 Å². The third-order valence-electron chi connectivity index (χ3n) is 2.39. The molecule has 1 aromatic carbocycles. The number of aliphatic hydroxyl groups excluding tert-OH is 1. The minimum Gasteiger partial charge on any atom is -0.491 e. The molecule has 0 bridgehead atoms. The number of rotatable bonds is 7. The van der Waals surface area contributed by atoms with Crippen LogP contribution in [-0.2, 0) is 0 Å². The second-order valence-electron chi connectivity index (χ2n) is 4.20. The molecule has 1 unspecified atom stereocenters. The average Bonchev–Trinajstić information content (AvgIpc) is 2.92. The number of ether oxygens (including phenoxy) is 1. The third-order valence-corrected chi connectivity index (χ3v) is 3.46. The molecule has 0 aliphatic rings. The van der Waals surface area contributed by atoms with E-state index in [-0.39, 0.29) is 6.61 Å². The zero-order chi connectivity index (χ0) is 14.4. The molecule has 1 aromatic heterocycles. The summed E-state index contributed by atoms with van der Waals surface area (Å²) in [6.07, 6.45) is -0.601. The van der Waals surface area contributed by atoms with Crippen LogP contribution in [0.25, 0.3) is 5.70 Å². The summed E-state index contributed by atoms with van der Waals surface area (Å²) in [6.45, 7) is 5.82. The molecule has 0 spiro atoms. The quantitative estimate of drug-likeness (QED) is 0.783. The highest BCUT2D eigenvalue weighted by atomic mass is 32.2. The Bertz CT molecular complexity index is 559. The summed E-state index contributed by atoms with van der Waals surface area (Å²) < 4.78 is 7.01. The topological polar surface area (TPSA) is 73.1 Å². The second kappa shape index (κ2) is 7.06. The van der Waals surface area contributed by atoms with Crippen LogP contribution in [0.2, 0.25) is 0 Å². The number of nitrogens with zero attached hydrogens (tertiary/aromatic N) is 4. The molecule has 0 fully saturated rings. The van der Waals surface area contributed by atoms with Crippen LogP contribution in [0.3, 0.4) is 0 Å². The van der Waals surface area contributed by atoms with Gasteiger partial charge in [-0.15, -0.1) is 5.10 Å². The summed E-state index contributed by atoms with van der Waals surface area (Å²) in [7, 11) is 0. The first-order chi connectivity index (χ1) is 9.66. The van der Waals surface area contributed by atoms with E-state index in [9.17, 15) is 5.11 Å². The maximum Gasteiger partial charge on any atom is 0.213 e. The van der Waals surface area contributed by atoms with Crippen molar-refractivity contribution in [3.8, 4) is 5.75 Å². The lowest BCUT2D eigenvalue weighted by Crippen LogP contribution is -2.20. The lowest BCUT2D eigenvalue weighted by molar-refractivity contribution is 0.126. The Morgan fingerprint density at radius 3 is 2.90 bits per heavy atom. The van der Waals surface area contributed by atoms with Crippen molar-refractivity contribution in [1.82, 2.24) is 20.2 Å². The number of hydrogen-bond donors (Lipinski definition) is 1. The van der Waals surface area contributed by atoms with Crippen molar-refractivity contribution in [3.05, 3.63) is 36.9 Å². The normalized spacial score (nSPS) is 12.1. The van der Waals surface area contributed by atoms with Crippen molar-refractivity contribution < 1.29 is 9.84 Å². The van der Waals surface area contributed by atoms with Crippen LogP contribution >= 0.6 is 11.8 Å². The van der Waals surface area contributed by atoms with Gasteiger partial charge in [0.2, 0.25) is 5.16 Å². The van der Waals surface area contributed by atoms with Gasteiger partial charge in [-0.25, -0.2) is 0 Å². The van der Waals surface area contributed by atoms with Gasteiger partial charge in [-0.05, 0) is 29.5 Å². The van der Waals surface area contributed by atoms with Crippen LogP contribution in [0.5, 0.6) is 5.75 Å². The predicted octanol–water partition coefficient (Wildman–Crippen LogP) is 1.70. The molecule has 0 amide bonds. The number of tetrazole rings is 1. The van der Waals surface area contributed by atoms with Crippen LogP contribution in [0.1, 0.15) is 6.92 Å². The zero-order valence-electron chi connectivity index (χ0n) is 11.1. The Balaban J connectivity index is 1.79. The molecule has 1 heterocycles. The molecule has 2 rings (SSSR count). The number of aromatic nitrogens is 4. The van der Waals surface area contributed by atoms with E-state index in [0.29, 0.717) is 10.9 Å². The molecule has 20 heavy (non-hydrogen) atoms. The maximum atomic E-state index is 9.89. The van der Waals surface area contributed by atoms with E-state index in [1.165, 1.54) is 16.4 Å². The summed E-state index contributed by atoms with van der Waals surface area (Å²) in [5, 5.41) is 21.8. The smallest absolute Gasteiger partial charge is 0.213 e. The van der Waals surface area contributed by atoms with Gasteiger partial charge < -0.3 is 9.84 Å². The summed E-state index contributed by atoms with van der Waals surface area (Å²) >= 11 is 1.36. The van der Waals surface area contributed by atoms with E-state index in [1.807, 2.05) is 37.3 Å². The van der Waals surface area contributed by atoms with Crippen molar-refractivity contribution in [3.63, 3.8) is 0 Å². The molecule has 6 nitrogen and oxygen atoms in total. The van der Waals surface area contributed by atoms with E-state index in [4.69, 9.17) is 4.74 Å². The molecule has 1 atom stereocenters. The van der Waals surface area contributed by atoms with Gasteiger partial charge in [0, 0.05) is 11.4 Å². The number of aliphatic hydroxyl groups is 1. The van der Waals surface area contributed by atoms with Crippen molar-refractivity contribution in [2.45, 2.75) is 18.2 Å². The molecule has 1 N–H and O–H groups in total. The van der Waals surface area contributed by atoms with E-state index >= 15 is 0 Å². The third kappa shape index (κ3) is 4.07. The molecule has 0 saturated carbocycles. The summed E-state index contributed by atoms with van der Waals surface area (Å²) in [6, 6.07) is 9.38. The standard InChI is InChI=1S/C13H16N4O2S/c1-10(2)17-13(14-15-16-17)20-9-11(18)8-19-12-6-4-3-5-7-12/h3-7,11,18H,1,8-9H2,2H3. The minimum atomic E-state index is -0.601. The molecule has 7 heteroatoms. The van der Waals surface area contributed by atoms with Crippen molar-refractivity contribution in [1.29, 1.82) is 0 Å². The van der Waals surface area contributed by atoms with Crippen LogP contribution in [0, 0.1) is 0 Å². The van der Waals surface area contributed by atoms with Crippen molar-refractivity contribution in [2.24, 2.45) is 0 Å². The molecule has 0 radical (unpaired) electrons. The van der Waals surface area contributed by atoms with Gasteiger partial charge in [-0.1, -0.05) is 36.5 Å². The Labute approximate surface area is 121 Å². The number of benzene rings is 1. The number of thioether (sulfide) groups is 1. The van der Waals surface area contributed by atoms with Crippen molar-refractivity contribution >= 4 is 17.5 Å². The fraction of sp³-hybridized carbons (Fsp3) is 0.308. The Morgan fingerprint density at radius 2 is 2.20 bits per heavy atom. The molecule has 0 saturated heterocycles. The monoisotopic (exact) mass is 292 g/mol. The maximum absolute atomic E-state index is 9.89. The van der Waals surface area contributed by atoms with Gasteiger partial charge in [0.05, 0.1) is 6.10 Å². The van der Waals surface area contributed by atoms with Crippen LogP contribution in [0.15, 0.2) is 42.1 Å². The number of hydrogen-bond acceptors (Lipinski definition) is 6. The first-order valence-electron chi connectivity index (χ1n) is 6.10. The Hall–Kier alpha value is -1.86. The molecule has 0 aliphatic heterocycles. The molecular weight excluding hydrogens is 276 g/mol. The fourth-order valence-corrected chi connectivity index (χ4v) is 2.28. The first-order valence-corrected chi connectivity index (χ1v) is 7.08. The highest BCUT2D eigenvalue weighted by Gasteiger charge is 2.11. The van der Waals surface area contributed by atoms with E-state index in [2.05, 4.69) is 22.1 Å². The largest absolute Gasteiger partial charge is 0.491 e. The number of para-hydroxylation sites is 1. The number of allylic oxidation sites excluding steroid dienone is 1. The van der Waals surface area contributed by atoms with E-state index in [1.54, 1.807) is 0 Å². The van der Waals surface area contributed by atoms with Gasteiger partial charge in [0.1, 0.15) is 12.4 Å². The van der Waals surface area contributed by atoms with Crippen LogP contribution < -0.4 is 4.74 Å². The summed E-state index contributed by atoms with van der Waals surface area (Å²) in [4.78, 5) is 0. The molecule has 0 aliphatic carbocycles. The van der Waals surface area contributed by atoms with E-state index < -0.39 is 6.10 Å². The van der Waals surface area contributed by atoms with E-state index in [0.717, 1.165) is 11.4 Å². The predicted molar refractivity (Wildman–Crippen MR) is 77.5 cm³/mol. The molecule has 106 valence electrons. The highest BCUT2D eigenvalue weighted by molar-refractivity contribution is 7.99. The molecule has 2 aromatic rings. The van der Waals surface area contributed by atoms with Gasteiger partial charge >= 0.3 is 0 Å². The fourth-order valence-electron chi connectivity index (χ4n) is 1.44. The average molecular weight is 292 g/mol. The van der Waals surface area contributed by atoms with Crippen LogP contribution in [-0.4, -0.2) is 43.8 Å². The Kier molecular flexibility index (Phi) is 5.14. The van der Waals surface area contributed by atoms with Gasteiger partial charge in [-0.3, -0.25) is 0 Å². The zero-order valence-corrected chi connectivity index (χ0v) is 12.0. The van der Waals surface area contributed by atoms with Crippen LogP contribution in [0.4, 0.5) is 0 Å². The first kappa shape index (κ1) is 14.5. The highest BCUT2D eigenvalue weighted by Crippen LogP contribution is 2.17. The second-order valence-corrected chi connectivity index (χ2v) is 5.18. The summed E-state index contributed by atoms with van der Waals surface area (Å²) in [5.41, 5.74) is 0.729. The minimum absolute atomic E-state index is 0.228. The van der Waals surface area contributed by atoms with Gasteiger partial charge in [0.15, 0.2) is 0 Å². The SMILES string of the molecule is C=C(C)n1nnnc1SCC(O)COc1ccccc1. The van der Waals surface area contributed by atoms with Crippen molar-refractivity contribution in [2.75, 3.05) is 12.4 Å². The van der Waals surface area contributed by atoms with Gasteiger partial charge in [-0.2, -0.15) is 4.68 Å². The Morgan fingerprint density at radius 1 is 1.45 bits per heavy atom. The lowest BCUT2D eigenvalue weighted by atomic mass is 10.3. The molecular formula is C13H16N4O2S.